The predicted octanol–water partition coefficient (Wildman–Crippen LogP) is 7.05. The number of benzene rings is 4. The maximum atomic E-state index is 13.9. The van der Waals surface area contributed by atoms with E-state index in [2.05, 4.69) is 66.4 Å². The van der Waals surface area contributed by atoms with Gasteiger partial charge in [-0.15, -0.1) is 0 Å². The lowest BCUT2D eigenvalue weighted by Gasteiger charge is -2.34. The van der Waals surface area contributed by atoms with Crippen molar-refractivity contribution in [1.29, 1.82) is 0 Å². The van der Waals surface area contributed by atoms with E-state index in [-0.39, 0.29) is 11.8 Å². The standard InChI is InChI=1S/C35H34N4O/c1-26-17-18-32-31(23-26)33(29-15-9-4-10-16-29)37-35(36-32)38-21-19-30(20-22-38)34(40)39(24-27-11-5-2-6-12-27)25-28-13-7-3-8-14-28/h2-18,23,30H,19-22,24-25H2,1H3. The molecule has 200 valence electrons. The van der Waals surface area contributed by atoms with E-state index in [4.69, 9.17) is 9.97 Å². The van der Waals surface area contributed by atoms with Crippen molar-refractivity contribution < 1.29 is 4.79 Å². The Labute approximate surface area is 236 Å². The van der Waals surface area contributed by atoms with Crippen LogP contribution in [0.25, 0.3) is 22.2 Å². The summed E-state index contributed by atoms with van der Waals surface area (Å²) in [5.41, 5.74) is 6.49. The summed E-state index contributed by atoms with van der Waals surface area (Å²) in [7, 11) is 0. The topological polar surface area (TPSA) is 49.3 Å². The number of hydrogen-bond donors (Lipinski definition) is 0. The van der Waals surface area contributed by atoms with Crippen molar-refractivity contribution in [3.05, 3.63) is 126 Å². The van der Waals surface area contributed by atoms with Crippen molar-refractivity contribution in [2.24, 2.45) is 5.92 Å². The maximum absolute atomic E-state index is 13.9. The van der Waals surface area contributed by atoms with Crippen LogP contribution >= 0.6 is 0 Å². The van der Waals surface area contributed by atoms with Gasteiger partial charge in [0.15, 0.2) is 0 Å². The average molecular weight is 527 g/mol. The third kappa shape index (κ3) is 5.74. The van der Waals surface area contributed by atoms with E-state index in [0.29, 0.717) is 13.1 Å². The Morgan fingerprint density at radius 1 is 0.775 bits per heavy atom. The number of carbonyl (C=O) groups is 1. The van der Waals surface area contributed by atoms with Crippen LogP contribution in [-0.2, 0) is 17.9 Å². The number of aromatic nitrogens is 2. The van der Waals surface area contributed by atoms with Crippen molar-refractivity contribution in [3.63, 3.8) is 0 Å². The van der Waals surface area contributed by atoms with Crippen LogP contribution in [0.15, 0.2) is 109 Å². The van der Waals surface area contributed by atoms with E-state index in [9.17, 15) is 4.79 Å². The number of hydrogen-bond acceptors (Lipinski definition) is 4. The van der Waals surface area contributed by atoms with Crippen LogP contribution in [0, 0.1) is 12.8 Å². The van der Waals surface area contributed by atoms with Crippen molar-refractivity contribution >= 4 is 22.8 Å². The molecule has 1 aliphatic rings. The zero-order valence-electron chi connectivity index (χ0n) is 22.9. The molecule has 5 nitrogen and oxygen atoms in total. The molecule has 1 amide bonds. The number of piperidine rings is 1. The summed E-state index contributed by atoms with van der Waals surface area (Å²) in [5.74, 6) is 0.958. The molecule has 2 heterocycles. The highest BCUT2D eigenvalue weighted by atomic mass is 16.2. The van der Waals surface area contributed by atoms with Crippen LogP contribution in [-0.4, -0.2) is 33.9 Å². The van der Waals surface area contributed by atoms with E-state index in [1.165, 1.54) is 5.56 Å². The van der Waals surface area contributed by atoms with Crippen molar-refractivity contribution in [2.75, 3.05) is 18.0 Å². The molecule has 0 unspecified atom stereocenters. The predicted molar refractivity (Wildman–Crippen MR) is 162 cm³/mol. The van der Waals surface area contributed by atoms with Gasteiger partial charge < -0.3 is 9.80 Å². The van der Waals surface area contributed by atoms with E-state index >= 15 is 0 Å². The second kappa shape index (κ2) is 11.7. The SMILES string of the molecule is Cc1ccc2nc(N3CCC(C(=O)N(Cc4ccccc4)Cc4ccccc4)CC3)nc(-c3ccccc3)c2c1. The third-order valence-corrected chi connectivity index (χ3v) is 7.76. The van der Waals surface area contributed by atoms with Crippen LogP contribution in [0.4, 0.5) is 5.95 Å². The van der Waals surface area contributed by atoms with Gasteiger partial charge in [-0.05, 0) is 43.0 Å². The Kier molecular flexibility index (Phi) is 7.53. The minimum absolute atomic E-state index is 0.0135. The number of nitrogens with zero attached hydrogens (tertiary/aromatic N) is 4. The first-order valence-electron chi connectivity index (χ1n) is 14.1. The summed E-state index contributed by atoms with van der Waals surface area (Å²) in [6.45, 7) is 4.84. The molecular weight excluding hydrogens is 492 g/mol. The monoisotopic (exact) mass is 526 g/mol. The molecular formula is C35H34N4O. The van der Waals surface area contributed by atoms with E-state index in [1.807, 2.05) is 59.5 Å². The van der Waals surface area contributed by atoms with Gasteiger partial charge in [0, 0.05) is 43.0 Å². The number of fused-ring (bicyclic) bond motifs is 1. The molecule has 1 saturated heterocycles. The number of carbonyl (C=O) groups excluding carboxylic acids is 1. The summed E-state index contributed by atoms with van der Waals surface area (Å²) in [4.78, 5) is 28.2. The molecule has 6 rings (SSSR count). The summed E-state index contributed by atoms with van der Waals surface area (Å²) in [5, 5.41) is 1.07. The average Bonchev–Trinajstić information content (AvgIpc) is 3.01. The fraction of sp³-hybridized carbons (Fsp3) is 0.229. The van der Waals surface area contributed by atoms with Gasteiger partial charge in [-0.2, -0.15) is 0 Å². The summed E-state index contributed by atoms with van der Waals surface area (Å²) in [6.07, 6.45) is 1.57. The lowest BCUT2D eigenvalue weighted by atomic mass is 9.94. The Bertz CT molecular complexity index is 1540. The minimum atomic E-state index is -0.0135. The van der Waals surface area contributed by atoms with Crippen molar-refractivity contribution in [3.8, 4) is 11.3 Å². The highest BCUT2D eigenvalue weighted by Gasteiger charge is 2.30. The molecule has 5 aromatic rings. The van der Waals surface area contributed by atoms with Gasteiger partial charge in [-0.3, -0.25) is 4.79 Å². The van der Waals surface area contributed by atoms with Crippen molar-refractivity contribution in [1.82, 2.24) is 14.9 Å². The molecule has 0 spiro atoms. The Balaban J connectivity index is 1.22. The molecule has 0 bridgehead atoms. The Morgan fingerprint density at radius 3 is 1.95 bits per heavy atom. The molecule has 1 fully saturated rings. The number of aryl methyl sites for hydroxylation is 1. The van der Waals surface area contributed by atoms with E-state index in [0.717, 1.165) is 65.2 Å². The number of rotatable bonds is 7. The second-order valence-corrected chi connectivity index (χ2v) is 10.7. The summed E-state index contributed by atoms with van der Waals surface area (Å²) >= 11 is 0. The van der Waals surface area contributed by atoms with Gasteiger partial charge in [-0.25, -0.2) is 9.97 Å². The summed E-state index contributed by atoms with van der Waals surface area (Å²) in [6, 6.07) is 37.2. The zero-order chi connectivity index (χ0) is 27.3. The number of amides is 1. The van der Waals surface area contributed by atoms with E-state index < -0.39 is 0 Å². The van der Waals surface area contributed by atoms with Gasteiger partial charge in [-0.1, -0.05) is 103 Å². The minimum Gasteiger partial charge on any atom is -0.341 e. The molecule has 5 heteroatoms. The summed E-state index contributed by atoms with van der Waals surface area (Å²) < 4.78 is 0. The van der Waals surface area contributed by atoms with Gasteiger partial charge in [0.25, 0.3) is 0 Å². The molecule has 0 aliphatic carbocycles. The van der Waals surface area contributed by atoms with Gasteiger partial charge in [0.05, 0.1) is 11.2 Å². The van der Waals surface area contributed by atoms with Crippen LogP contribution < -0.4 is 4.90 Å². The fourth-order valence-electron chi connectivity index (χ4n) is 5.59. The molecule has 40 heavy (non-hydrogen) atoms. The van der Waals surface area contributed by atoms with E-state index in [1.54, 1.807) is 0 Å². The highest BCUT2D eigenvalue weighted by molar-refractivity contribution is 5.93. The van der Waals surface area contributed by atoms with Gasteiger partial charge >= 0.3 is 0 Å². The van der Waals surface area contributed by atoms with Gasteiger partial charge in [0.2, 0.25) is 11.9 Å². The van der Waals surface area contributed by atoms with Crippen molar-refractivity contribution in [2.45, 2.75) is 32.9 Å². The smallest absolute Gasteiger partial charge is 0.226 e. The zero-order valence-corrected chi connectivity index (χ0v) is 22.9. The number of anilines is 1. The van der Waals surface area contributed by atoms with Gasteiger partial charge in [0.1, 0.15) is 0 Å². The molecule has 0 saturated carbocycles. The first-order valence-corrected chi connectivity index (χ1v) is 14.1. The molecule has 0 N–H and O–H groups in total. The first-order chi connectivity index (χ1) is 19.6. The molecule has 0 atom stereocenters. The first kappa shape index (κ1) is 25.8. The van der Waals surface area contributed by atoms with Crippen LogP contribution in [0.2, 0.25) is 0 Å². The maximum Gasteiger partial charge on any atom is 0.226 e. The van der Waals surface area contributed by atoms with Crippen LogP contribution in [0.5, 0.6) is 0 Å². The molecule has 0 radical (unpaired) electrons. The molecule has 1 aromatic heterocycles. The van der Waals surface area contributed by atoms with Crippen LogP contribution in [0.3, 0.4) is 0 Å². The molecule has 4 aromatic carbocycles. The lowest BCUT2D eigenvalue weighted by molar-refractivity contribution is -0.137. The Morgan fingerprint density at radius 2 is 1.35 bits per heavy atom. The second-order valence-electron chi connectivity index (χ2n) is 10.7. The normalized spacial score (nSPS) is 13.9. The van der Waals surface area contributed by atoms with Crippen LogP contribution in [0.1, 0.15) is 29.5 Å². The molecule has 1 aliphatic heterocycles. The quantitative estimate of drug-likeness (QED) is 0.228. The highest BCUT2D eigenvalue weighted by Crippen LogP contribution is 2.31. The largest absolute Gasteiger partial charge is 0.341 e. The lowest BCUT2D eigenvalue weighted by Crippen LogP contribution is -2.42. The fourth-order valence-corrected chi connectivity index (χ4v) is 5.59. The Hall–Kier alpha value is -4.51. The third-order valence-electron chi connectivity index (χ3n) is 7.76.